The number of aliphatic carboxylic acids is 1. The first-order chi connectivity index (χ1) is 9.18. The van der Waals surface area contributed by atoms with Crippen LogP contribution in [0.2, 0.25) is 0 Å². The van der Waals surface area contributed by atoms with Gasteiger partial charge < -0.3 is 19.6 Å². The average Bonchev–Trinajstić information content (AvgIpc) is 2.34. The molecule has 0 spiro atoms. The standard InChI is InChI=1S/C13H24N2O5/c1-9(2)6-15(8-11(16)17)13(19)14(4)7-10(3)12(18)20-5/h9-10H,6-8H2,1-5H3,(H,16,17). The lowest BCUT2D eigenvalue weighted by Crippen LogP contribution is -2.47. The highest BCUT2D eigenvalue weighted by molar-refractivity contribution is 5.80. The number of rotatable bonds is 7. The highest BCUT2D eigenvalue weighted by Crippen LogP contribution is 2.06. The summed E-state index contributed by atoms with van der Waals surface area (Å²) in [6, 6.07) is -0.406. The molecule has 0 aromatic rings. The molecule has 0 aliphatic heterocycles. The maximum Gasteiger partial charge on any atom is 0.323 e. The summed E-state index contributed by atoms with van der Waals surface area (Å²) in [6.45, 7) is 5.63. The van der Waals surface area contributed by atoms with Crippen LogP contribution in [0.1, 0.15) is 20.8 Å². The summed E-state index contributed by atoms with van der Waals surface area (Å²) in [4.78, 5) is 36.9. The van der Waals surface area contributed by atoms with E-state index in [1.807, 2.05) is 13.8 Å². The Labute approximate surface area is 119 Å². The molecule has 0 bridgehead atoms. The van der Waals surface area contributed by atoms with Gasteiger partial charge in [0.2, 0.25) is 0 Å². The third kappa shape index (κ3) is 6.40. The molecular weight excluding hydrogens is 264 g/mol. The molecule has 0 aromatic heterocycles. The molecule has 0 rings (SSSR count). The quantitative estimate of drug-likeness (QED) is 0.703. The van der Waals surface area contributed by atoms with Gasteiger partial charge in [-0.15, -0.1) is 0 Å². The first-order valence-corrected chi connectivity index (χ1v) is 6.48. The molecule has 7 heteroatoms. The van der Waals surface area contributed by atoms with Crippen LogP contribution in [0.25, 0.3) is 0 Å². The largest absolute Gasteiger partial charge is 0.480 e. The molecule has 0 heterocycles. The van der Waals surface area contributed by atoms with Crippen molar-refractivity contribution < 1.29 is 24.2 Å². The molecule has 0 aliphatic rings. The van der Waals surface area contributed by atoms with E-state index in [1.165, 1.54) is 24.0 Å². The molecule has 2 amide bonds. The van der Waals surface area contributed by atoms with Crippen molar-refractivity contribution in [3.8, 4) is 0 Å². The molecule has 0 saturated carbocycles. The Morgan fingerprint density at radius 1 is 1.15 bits per heavy atom. The van der Waals surface area contributed by atoms with Crippen molar-refractivity contribution in [2.45, 2.75) is 20.8 Å². The second kappa shape index (κ2) is 8.39. The maximum absolute atomic E-state index is 12.2. The van der Waals surface area contributed by atoms with E-state index in [9.17, 15) is 14.4 Å². The fourth-order valence-corrected chi connectivity index (χ4v) is 1.82. The van der Waals surface area contributed by atoms with Crippen LogP contribution in [-0.4, -0.2) is 66.7 Å². The summed E-state index contributed by atoms with van der Waals surface area (Å²) < 4.78 is 4.60. The molecule has 0 fully saturated rings. The highest BCUT2D eigenvalue weighted by atomic mass is 16.5. The lowest BCUT2D eigenvalue weighted by Gasteiger charge is -2.29. The number of carbonyl (C=O) groups is 3. The van der Waals surface area contributed by atoms with Crippen LogP contribution < -0.4 is 0 Å². The van der Waals surface area contributed by atoms with Crippen LogP contribution in [-0.2, 0) is 14.3 Å². The number of hydrogen-bond donors (Lipinski definition) is 1. The summed E-state index contributed by atoms with van der Waals surface area (Å²) in [6.07, 6.45) is 0. The molecule has 7 nitrogen and oxygen atoms in total. The minimum Gasteiger partial charge on any atom is -0.480 e. The normalized spacial score (nSPS) is 11.9. The molecule has 0 saturated heterocycles. The summed E-state index contributed by atoms with van der Waals surface area (Å²) >= 11 is 0. The molecule has 1 atom stereocenters. The van der Waals surface area contributed by atoms with E-state index in [-0.39, 0.29) is 19.0 Å². The van der Waals surface area contributed by atoms with Crippen molar-refractivity contribution in [1.82, 2.24) is 9.80 Å². The Morgan fingerprint density at radius 3 is 2.10 bits per heavy atom. The summed E-state index contributed by atoms with van der Waals surface area (Å²) in [7, 11) is 2.83. The van der Waals surface area contributed by atoms with Gasteiger partial charge in [-0.25, -0.2) is 4.79 Å². The zero-order valence-electron chi connectivity index (χ0n) is 12.8. The Balaban J connectivity index is 4.70. The molecule has 0 aromatic carbocycles. The van der Waals surface area contributed by atoms with Crippen LogP contribution in [0.5, 0.6) is 0 Å². The van der Waals surface area contributed by atoms with Gasteiger partial charge in [0, 0.05) is 20.1 Å². The SMILES string of the molecule is COC(=O)C(C)CN(C)C(=O)N(CC(=O)O)CC(C)C. The predicted octanol–water partition coefficient (Wildman–Crippen LogP) is 0.890. The van der Waals surface area contributed by atoms with Gasteiger partial charge >= 0.3 is 18.0 Å². The minimum absolute atomic E-state index is 0.157. The molecule has 1 unspecified atom stereocenters. The first kappa shape index (κ1) is 18.2. The van der Waals surface area contributed by atoms with Gasteiger partial charge in [-0.1, -0.05) is 20.8 Å². The monoisotopic (exact) mass is 288 g/mol. The van der Waals surface area contributed by atoms with Crippen molar-refractivity contribution in [2.75, 3.05) is 33.8 Å². The molecule has 20 heavy (non-hydrogen) atoms. The van der Waals surface area contributed by atoms with Crippen molar-refractivity contribution in [3.05, 3.63) is 0 Å². The third-order valence-corrected chi connectivity index (χ3v) is 2.66. The van der Waals surface area contributed by atoms with E-state index in [2.05, 4.69) is 4.74 Å². The number of urea groups is 1. The Kier molecular flexibility index (Phi) is 7.64. The fraction of sp³-hybridized carbons (Fsp3) is 0.769. The molecular formula is C13H24N2O5. The summed E-state index contributed by atoms with van der Waals surface area (Å²) in [5.41, 5.74) is 0. The molecule has 1 N–H and O–H groups in total. The van der Waals surface area contributed by atoms with E-state index in [1.54, 1.807) is 6.92 Å². The van der Waals surface area contributed by atoms with Gasteiger partial charge in [-0.2, -0.15) is 0 Å². The van der Waals surface area contributed by atoms with Crippen LogP contribution in [0, 0.1) is 11.8 Å². The molecule has 116 valence electrons. The van der Waals surface area contributed by atoms with Crippen LogP contribution in [0.3, 0.4) is 0 Å². The number of esters is 1. The average molecular weight is 288 g/mol. The van der Waals surface area contributed by atoms with E-state index >= 15 is 0 Å². The number of nitrogens with zero attached hydrogens (tertiary/aromatic N) is 2. The van der Waals surface area contributed by atoms with Crippen molar-refractivity contribution in [2.24, 2.45) is 11.8 Å². The summed E-state index contributed by atoms with van der Waals surface area (Å²) in [5.74, 6) is -1.77. The predicted molar refractivity (Wildman–Crippen MR) is 73.3 cm³/mol. The van der Waals surface area contributed by atoms with Crippen LogP contribution in [0.4, 0.5) is 4.79 Å². The lowest BCUT2D eigenvalue weighted by atomic mass is 10.2. The molecule has 0 radical (unpaired) electrons. The van der Waals surface area contributed by atoms with E-state index < -0.39 is 23.9 Å². The van der Waals surface area contributed by atoms with E-state index in [4.69, 9.17) is 5.11 Å². The highest BCUT2D eigenvalue weighted by Gasteiger charge is 2.24. The Bertz CT molecular complexity index is 357. The zero-order valence-corrected chi connectivity index (χ0v) is 12.8. The van der Waals surface area contributed by atoms with Gasteiger partial charge in [0.05, 0.1) is 13.0 Å². The number of carboxylic acid groups (broad SMARTS) is 1. The number of methoxy groups -OCH3 is 1. The van der Waals surface area contributed by atoms with Crippen molar-refractivity contribution in [1.29, 1.82) is 0 Å². The number of carbonyl (C=O) groups excluding carboxylic acids is 2. The minimum atomic E-state index is -1.06. The Morgan fingerprint density at radius 2 is 1.70 bits per heavy atom. The zero-order chi connectivity index (χ0) is 15.9. The van der Waals surface area contributed by atoms with Gasteiger partial charge in [0.25, 0.3) is 0 Å². The number of amides is 2. The Hall–Kier alpha value is -1.79. The second-order valence-corrected chi connectivity index (χ2v) is 5.26. The van der Waals surface area contributed by atoms with E-state index in [0.717, 1.165) is 0 Å². The lowest BCUT2D eigenvalue weighted by molar-refractivity contribution is -0.145. The number of ether oxygens (including phenoxy) is 1. The second-order valence-electron chi connectivity index (χ2n) is 5.26. The third-order valence-electron chi connectivity index (χ3n) is 2.66. The van der Waals surface area contributed by atoms with Crippen LogP contribution in [0.15, 0.2) is 0 Å². The van der Waals surface area contributed by atoms with Gasteiger partial charge in [0.15, 0.2) is 0 Å². The maximum atomic E-state index is 12.2. The fourth-order valence-electron chi connectivity index (χ4n) is 1.82. The van der Waals surface area contributed by atoms with E-state index in [0.29, 0.717) is 6.54 Å². The van der Waals surface area contributed by atoms with Crippen LogP contribution >= 0.6 is 0 Å². The summed E-state index contributed by atoms with van der Waals surface area (Å²) in [5, 5.41) is 8.85. The number of hydrogen-bond acceptors (Lipinski definition) is 4. The topological polar surface area (TPSA) is 87.2 Å². The van der Waals surface area contributed by atoms with Gasteiger partial charge in [0.1, 0.15) is 6.54 Å². The smallest absolute Gasteiger partial charge is 0.323 e. The van der Waals surface area contributed by atoms with Crippen molar-refractivity contribution in [3.63, 3.8) is 0 Å². The van der Waals surface area contributed by atoms with Gasteiger partial charge in [-0.3, -0.25) is 9.59 Å². The molecule has 0 aliphatic carbocycles. The van der Waals surface area contributed by atoms with Gasteiger partial charge in [-0.05, 0) is 5.92 Å². The van der Waals surface area contributed by atoms with Crippen molar-refractivity contribution >= 4 is 18.0 Å². The first-order valence-electron chi connectivity index (χ1n) is 6.48. The number of carboxylic acids is 1.